The van der Waals surface area contributed by atoms with E-state index in [2.05, 4.69) is 31.4 Å². The average Bonchev–Trinajstić information content (AvgIpc) is 2.16. The molecule has 0 heterocycles. The molecule has 3 heteroatoms. The Morgan fingerprint density at radius 2 is 1.77 bits per heavy atom. The van der Waals surface area contributed by atoms with Gasteiger partial charge in [-0.2, -0.15) is 0 Å². The minimum absolute atomic E-state index is 0.751. The second-order valence-corrected chi connectivity index (χ2v) is 3.73. The van der Waals surface area contributed by atoms with Crippen molar-refractivity contribution < 1.29 is 0 Å². The standard InChI is InChI=1S/C10H22N2S/c1-4-7-11-10(13)12-8-9(5-2)6-3/h9H,4-8H2,1-3H3,(H2,11,12,13). The molecule has 0 amide bonds. The van der Waals surface area contributed by atoms with E-state index in [0.717, 1.165) is 30.5 Å². The molecule has 0 aliphatic rings. The lowest BCUT2D eigenvalue weighted by Gasteiger charge is -2.15. The number of nitrogens with one attached hydrogen (secondary N) is 2. The van der Waals surface area contributed by atoms with E-state index >= 15 is 0 Å². The van der Waals surface area contributed by atoms with Gasteiger partial charge in [0.15, 0.2) is 5.11 Å². The summed E-state index contributed by atoms with van der Waals surface area (Å²) >= 11 is 5.11. The summed E-state index contributed by atoms with van der Waals surface area (Å²) in [6.45, 7) is 8.55. The van der Waals surface area contributed by atoms with E-state index < -0.39 is 0 Å². The van der Waals surface area contributed by atoms with Crippen molar-refractivity contribution in [1.82, 2.24) is 10.6 Å². The number of thiocarbonyl (C=S) groups is 1. The van der Waals surface area contributed by atoms with Crippen molar-refractivity contribution in [3.8, 4) is 0 Å². The van der Waals surface area contributed by atoms with Gasteiger partial charge in [-0.15, -0.1) is 0 Å². The van der Waals surface area contributed by atoms with E-state index in [1.807, 2.05) is 0 Å². The molecule has 2 N–H and O–H groups in total. The summed E-state index contributed by atoms with van der Waals surface area (Å²) in [6, 6.07) is 0. The van der Waals surface area contributed by atoms with Gasteiger partial charge in [-0.05, 0) is 24.6 Å². The molecule has 0 spiro atoms. The first kappa shape index (κ1) is 12.7. The Kier molecular flexibility index (Phi) is 8.10. The fraction of sp³-hybridized carbons (Fsp3) is 0.900. The fourth-order valence-electron chi connectivity index (χ4n) is 1.12. The molecule has 0 saturated carbocycles. The van der Waals surface area contributed by atoms with Crippen molar-refractivity contribution in [2.75, 3.05) is 13.1 Å². The molecule has 0 bridgehead atoms. The topological polar surface area (TPSA) is 24.1 Å². The second kappa shape index (κ2) is 8.30. The quantitative estimate of drug-likeness (QED) is 0.646. The van der Waals surface area contributed by atoms with Crippen LogP contribution in [0.3, 0.4) is 0 Å². The highest BCUT2D eigenvalue weighted by Crippen LogP contribution is 2.04. The maximum absolute atomic E-state index is 5.11. The van der Waals surface area contributed by atoms with Crippen LogP contribution in [0.2, 0.25) is 0 Å². The van der Waals surface area contributed by atoms with E-state index in [4.69, 9.17) is 12.2 Å². The monoisotopic (exact) mass is 202 g/mol. The molecule has 13 heavy (non-hydrogen) atoms. The van der Waals surface area contributed by atoms with Gasteiger partial charge in [0.2, 0.25) is 0 Å². The van der Waals surface area contributed by atoms with Crippen molar-refractivity contribution in [2.24, 2.45) is 5.92 Å². The van der Waals surface area contributed by atoms with Gasteiger partial charge in [-0.25, -0.2) is 0 Å². The van der Waals surface area contributed by atoms with Crippen molar-refractivity contribution in [3.63, 3.8) is 0 Å². The lowest BCUT2D eigenvalue weighted by molar-refractivity contribution is 0.483. The predicted molar refractivity (Wildman–Crippen MR) is 63.0 cm³/mol. The van der Waals surface area contributed by atoms with Gasteiger partial charge < -0.3 is 10.6 Å². The third-order valence-corrected chi connectivity index (χ3v) is 2.53. The zero-order valence-corrected chi connectivity index (χ0v) is 9.84. The molecule has 0 aromatic rings. The van der Waals surface area contributed by atoms with Gasteiger partial charge in [0.05, 0.1) is 0 Å². The lowest BCUT2D eigenvalue weighted by Crippen LogP contribution is -2.38. The predicted octanol–water partition coefficient (Wildman–Crippen LogP) is 2.30. The summed E-state index contributed by atoms with van der Waals surface area (Å²) in [5.74, 6) is 0.751. The highest BCUT2D eigenvalue weighted by atomic mass is 32.1. The largest absolute Gasteiger partial charge is 0.363 e. The molecule has 0 atom stereocenters. The Bertz CT molecular complexity index is 133. The second-order valence-electron chi connectivity index (χ2n) is 3.32. The average molecular weight is 202 g/mol. The smallest absolute Gasteiger partial charge is 0.166 e. The Balaban J connectivity index is 3.44. The first-order chi connectivity index (χ1) is 6.24. The molecule has 0 saturated heterocycles. The van der Waals surface area contributed by atoms with E-state index in [-0.39, 0.29) is 0 Å². The molecular weight excluding hydrogens is 180 g/mol. The normalized spacial score (nSPS) is 10.2. The minimum atomic E-state index is 0.751. The van der Waals surface area contributed by atoms with Crippen LogP contribution in [-0.4, -0.2) is 18.2 Å². The summed E-state index contributed by atoms with van der Waals surface area (Å²) in [5.41, 5.74) is 0. The van der Waals surface area contributed by atoms with Gasteiger partial charge in [-0.1, -0.05) is 33.6 Å². The van der Waals surface area contributed by atoms with Crippen LogP contribution >= 0.6 is 12.2 Å². The number of hydrogen-bond acceptors (Lipinski definition) is 1. The molecule has 0 rings (SSSR count). The Morgan fingerprint density at radius 1 is 1.15 bits per heavy atom. The highest BCUT2D eigenvalue weighted by molar-refractivity contribution is 7.80. The molecular formula is C10H22N2S. The van der Waals surface area contributed by atoms with Gasteiger partial charge in [0, 0.05) is 13.1 Å². The van der Waals surface area contributed by atoms with Crippen LogP contribution in [0, 0.1) is 5.92 Å². The van der Waals surface area contributed by atoms with E-state index in [9.17, 15) is 0 Å². The van der Waals surface area contributed by atoms with Crippen LogP contribution in [0.5, 0.6) is 0 Å². The van der Waals surface area contributed by atoms with Crippen molar-refractivity contribution in [2.45, 2.75) is 40.0 Å². The van der Waals surface area contributed by atoms with Crippen LogP contribution < -0.4 is 10.6 Å². The molecule has 0 aromatic carbocycles. The van der Waals surface area contributed by atoms with Crippen molar-refractivity contribution in [1.29, 1.82) is 0 Å². The van der Waals surface area contributed by atoms with Gasteiger partial charge >= 0.3 is 0 Å². The van der Waals surface area contributed by atoms with Crippen LogP contribution in [-0.2, 0) is 0 Å². The van der Waals surface area contributed by atoms with Crippen LogP contribution in [0.25, 0.3) is 0 Å². The Morgan fingerprint density at radius 3 is 2.23 bits per heavy atom. The maximum atomic E-state index is 5.11. The Hall–Kier alpha value is -0.310. The molecule has 0 fully saturated rings. The molecule has 0 unspecified atom stereocenters. The zero-order valence-electron chi connectivity index (χ0n) is 9.02. The minimum Gasteiger partial charge on any atom is -0.363 e. The molecule has 0 aliphatic heterocycles. The fourth-order valence-corrected chi connectivity index (χ4v) is 1.30. The lowest BCUT2D eigenvalue weighted by atomic mass is 10.0. The van der Waals surface area contributed by atoms with E-state index in [1.165, 1.54) is 12.8 Å². The summed E-state index contributed by atoms with van der Waals surface area (Å²) in [5, 5.41) is 7.20. The van der Waals surface area contributed by atoms with Gasteiger partial charge in [0.25, 0.3) is 0 Å². The van der Waals surface area contributed by atoms with Crippen molar-refractivity contribution in [3.05, 3.63) is 0 Å². The molecule has 78 valence electrons. The molecule has 0 aromatic heterocycles. The third-order valence-electron chi connectivity index (χ3n) is 2.24. The first-order valence-electron chi connectivity index (χ1n) is 5.26. The van der Waals surface area contributed by atoms with Crippen molar-refractivity contribution >= 4 is 17.3 Å². The summed E-state index contributed by atoms with van der Waals surface area (Å²) in [6.07, 6.45) is 3.56. The van der Waals surface area contributed by atoms with E-state index in [1.54, 1.807) is 0 Å². The maximum Gasteiger partial charge on any atom is 0.166 e. The molecule has 0 radical (unpaired) electrons. The van der Waals surface area contributed by atoms with Crippen LogP contribution in [0.1, 0.15) is 40.0 Å². The van der Waals surface area contributed by atoms with E-state index in [0.29, 0.717) is 0 Å². The summed E-state index contributed by atoms with van der Waals surface area (Å²) in [4.78, 5) is 0. The molecule has 2 nitrogen and oxygen atoms in total. The summed E-state index contributed by atoms with van der Waals surface area (Å²) in [7, 11) is 0. The third kappa shape index (κ3) is 6.82. The zero-order chi connectivity index (χ0) is 10.1. The SMILES string of the molecule is CCCNC(=S)NCC(CC)CC. The van der Waals surface area contributed by atoms with Gasteiger partial charge in [0.1, 0.15) is 0 Å². The van der Waals surface area contributed by atoms with Gasteiger partial charge in [-0.3, -0.25) is 0 Å². The highest BCUT2D eigenvalue weighted by Gasteiger charge is 2.02. The number of hydrogen-bond donors (Lipinski definition) is 2. The molecule has 0 aliphatic carbocycles. The first-order valence-corrected chi connectivity index (χ1v) is 5.67. The van der Waals surface area contributed by atoms with Crippen LogP contribution in [0.4, 0.5) is 0 Å². The van der Waals surface area contributed by atoms with Crippen LogP contribution in [0.15, 0.2) is 0 Å². The Labute approximate surface area is 87.5 Å². The number of rotatable bonds is 6. The summed E-state index contributed by atoms with van der Waals surface area (Å²) < 4.78 is 0.